The summed E-state index contributed by atoms with van der Waals surface area (Å²) in [5.74, 6) is 1.32. The SMILES string of the molecule is COc1cccc(OCCNC(=O)c2ccc(CN(c3ccccc3C(C)C)S(C)(=O)=O)cc2)c1. The normalized spacial score (nSPS) is 11.2. The average molecular weight is 497 g/mol. The van der Waals surface area contributed by atoms with Gasteiger partial charge in [-0.05, 0) is 47.4 Å². The van der Waals surface area contributed by atoms with Crippen molar-refractivity contribution in [3.63, 3.8) is 0 Å². The Bertz CT molecular complexity index is 1240. The molecule has 0 radical (unpaired) electrons. The minimum absolute atomic E-state index is 0.175. The van der Waals surface area contributed by atoms with Crippen LogP contribution in [0.4, 0.5) is 5.69 Å². The van der Waals surface area contributed by atoms with Crippen LogP contribution in [0.25, 0.3) is 0 Å². The van der Waals surface area contributed by atoms with E-state index in [9.17, 15) is 13.2 Å². The zero-order valence-electron chi connectivity index (χ0n) is 20.5. The van der Waals surface area contributed by atoms with Gasteiger partial charge in [-0.15, -0.1) is 0 Å². The summed E-state index contributed by atoms with van der Waals surface area (Å²) < 4.78 is 37.4. The van der Waals surface area contributed by atoms with Crippen LogP contribution in [0.5, 0.6) is 11.5 Å². The van der Waals surface area contributed by atoms with Gasteiger partial charge in [0.15, 0.2) is 0 Å². The molecule has 3 rings (SSSR count). The first-order chi connectivity index (χ1) is 16.7. The van der Waals surface area contributed by atoms with E-state index in [0.29, 0.717) is 35.9 Å². The summed E-state index contributed by atoms with van der Waals surface area (Å²) in [5.41, 5.74) is 2.91. The van der Waals surface area contributed by atoms with Crippen molar-refractivity contribution in [1.82, 2.24) is 5.32 Å². The number of rotatable bonds is 11. The van der Waals surface area contributed by atoms with E-state index in [0.717, 1.165) is 11.1 Å². The van der Waals surface area contributed by atoms with E-state index in [-0.39, 0.29) is 18.4 Å². The van der Waals surface area contributed by atoms with Gasteiger partial charge in [-0.3, -0.25) is 9.10 Å². The number of nitrogens with zero attached hydrogens (tertiary/aromatic N) is 1. The number of benzene rings is 3. The van der Waals surface area contributed by atoms with Crippen LogP contribution in [0.15, 0.2) is 72.8 Å². The molecule has 0 fully saturated rings. The molecule has 1 N–H and O–H groups in total. The monoisotopic (exact) mass is 496 g/mol. The van der Waals surface area contributed by atoms with Crippen molar-refractivity contribution in [2.75, 3.05) is 30.8 Å². The Kier molecular flexibility index (Phi) is 8.76. The van der Waals surface area contributed by atoms with Crippen molar-refractivity contribution in [3.8, 4) is 11.5 Å². The maximum atomic E-state index is 12.6. The maximum Gasteiger partial charge on any atom is 0.251 e. The number of methoxy groups -OCH3 is 1. The summed E-state index contributed by atoms with van der Waals surface area (Å²) in [6, 6.07) is 21.7. The smallest absolute Gasteiger partial charge is 0.251 e. The molecule has 3 aromatic carbocycles. The largest absolute Gasteiger partial charge is 0.497 e. The lowest BCUT2D eigenvalue weighted by atomic mass is 10.0. The van der Waals surface area contributed by atoms with Crippen LogP contribution in [0, 0.1) is 0 Å². The van der Waals surface area contributed by atoms with Crippen LogP contribution in [-0.4, -0.2) is 40.8 Å². The molecule has 3 aromatic rings. The number of carbonyl (C=O) groups is 1. The summed E-state index contributed by atoms with van der Waals surface area (Å²) in [6.07, 6.45) is 1.21. The lowest BCUT2D eigenvalue weighted by Crippen LogP contribution is -2.30. The summed E-state index contributed by atoms with van der Waals surface area (Å²) in [5, 5.41) is 2.83. The van der Waals surface area contributed by atoms with Gasteiger partial charge >= 0.3 is 0 Å². The molecule has 0 saturated carbocycles. The third kappa shape index (κ3) is 7.23. The van der Waals surface area contributed by atoms with Crippen LogP contribution in [-0.2, 0) is 16.6 Å². The Balaban J connectivity index is 1.61. The molecule has 0 atom stereocenters. The van der Waals surface area contributed by atoms with E-state index >= 15 is 0 Å². The Labute approximate surface area is 207 Å². The number of nitrogens with one attached hydrogen (secondary N) is 1. The number of sulfonamides is 1. The van der Waals surface area contributed by atoms with Crippen LogP contribution in [0.1, 0.15) is 41.3 Å². The summed E-state index contributed by atoms with van der Waals surface area (Å²) >= 11 is 0. The second-order valence-corrected chi connectivity index (χ2v) is 10.4. The molecule has 0 aliphatic rings. The second kappa shape index (κ2) is 11.8. The van der Waals surface area contributed by atoms with Crippen molar-refractivity contribution < 1.29 is 22.7 Å². The highest BCUT2D eigenvalue weighted by molar-refractivity contribution is 7.92. The molecule has 7 nitrogen and oxygen atoms in total. The Hall–Kier alpha value is -3.52. The van der Waals surface area contributed by atoms with Gasteiger partial charge in [0.2, 0.25) is 10.0 Å². The van der Waals surface area contributed by atoms with E-state index in [1.165, 1.54) is 10.6 Å². The molecule has 0 aliphatic heterocycles. The fraction of sp³-hybridized carbons (Fsp3) is 0.296. The molecule has 0 aliphatic carbocycles. The lowest BCUT2D eigenvalue weighted by Gasteiger charge is -2.26. The fourth-order valence-electron chi connectivity index (χ4n) is 3.64. The molecule has 0 unspecified atom stereocenters. The van der Waals surface area contributed by atoms with Gasteiger partial charge in [0.1, 0.15) is 18.1 Å². The van der Waals surface area contributed by atoms with E-state index < -0.39 is 10.0 Å². The average Bonchev–Trinajstić information content (AvgIpc) is 2.84. The first kappa shape index (κ1) is 26.1. The second-order valence-electron chi connectivity index (χ2n) is 8.46. The highest BCUT2D eigenvalue weighted by Gasteiger charge is 2.21. The van der Waals surface area contributed by atoms with Crippen molar-refractivity contribution in [2.45, 2.75) is 26.3 Å². The summed E-state index contributed by atoms with van der Waals surface area (Å²) in [4.78, 5) is 12.5. The van der Waals surface area contributed by atoms with Crippen molar-refractivity contribution >= 4 is 21.6 Å². The molecule has 0 aromatic heterocycles. The quantitative estimate of drug-likeness (QED) is 0.393. The van der Waals surface area contributed by atoms with Gasteiger partial charge in [-0.1, -0.05) is 50.2 Å². The van der Waals surface area contributed by atoms with Gasteiger partial charge in [0.25, 0.3) is 5.91 Å². The zero-order chi connectivity index (χ0) is 25.4. The number of amides is 1. The van der Waals surface area contributed by atoms with Gasteiger partial charge in [-0.2, -0.15) is 0 Å². The van der Waals surface area contributed by atoms with Crippen molar-refractivity contribution in [1.29, 1.82) is 0 Å². The van der Waals surface area contributed by atoms with E-state index in [4.69, 9.17) is 9.47 Å². The van der Waals surface area contributed by atoms with E-state index in [1.54, 1.807) is 37.4 Å². The predicted molar refractivity (Wildman–Crippen MR) is 139 cm³/mol. The Morgan fingerprint density at radius 3 is 2.31 bits per heavy atom. The molecule has 0 bridgehead atoms. The van der Waals surface area contributed by atoms with Crippen molar-refractivity contribution in [3.05, 3.63) is 89.5 Å². The highest BCUT2D eigenvalue weighted by atomic mass is 32.2. The van der Waals surface area contributed by atoms with E-state index in [1.807, 2.05) is 56.3 Å². The number of ether oxygens (including phenoxy) is 2. The van der Waals surface area contributed by atoms with Crippen LogP contribution in [0.2, 0.25) is 0 Å². The van der Waals surface area contributed by atoms with Crippen molar-refractivity contribution in [2.24, 2.45) is 0 Å². The zero-order valence-corrected chi connectivity index (χ0v) is 21.3. The molecule has 0 heterocycles. The molecular formula is C27H32N2O5S. The van der Waals surface area contributed by atoms with E-state index in [2.05, 4.69) is 5.32 Å². The highest BCUT2D eigenvalue weighted by Crippen LogP contribution is 2.30. The van der Waals surface area contributed by atoms with Gasteiger partial charge in [-0.25, -0.2) is 8.42 Å². The molecular weight excluding hydrogens is 464 g/mol. The summed E-state index contributed by atoms with van der Waals surface area (Å²) in [6.45, 7) is 4.91. The molecule has 8 heteroatoms. The van der Waals surface area contributed by atoms with Gasteiger partial charge in [0.05, 0.1) is 32.1 Å². The third-order valence-electron chi connectivity index (χ3n) is 5.47. The standard InChI is InChI=1S/C27H32N2O5S/c1-20(2)25-10-5-6-11-26(25)29(35(4,31)32)19-21-12-14-22(15-13-21)27(30)28-16-17-34-24-9-7-8-23(18-24)33-3/h5-15,18,20H,16-17,19H2,1-4H3,(H,28,30). The Morgan fingerprint density at radius 1 is 0.971 bits per heavy atom. The van der Waals surface area contributed by atoms with Crippen LogP contribution >= 0.6 is 0 Å². The van der Waals surface area contributed by atoms with Crippen LogP contribution < -0.4 is 19.1 Å². The van der Waals surface area contributed by atoms with Gasteiger partial charge in [0, 0.05) is 11.6 Å². The lowest BCUT2D eigenvalue weighted by molar-refractivity contribution is 0.0947. The predicted octanol–water partition coefficient (Wildman–Crippen LogP) is 4.59. The maximum absolute atomic E-state index is 12.6. The number of carbonyl (C=O) groups excluding carboxylic acids is 1. The first-order valence-corrected chi connectivity index (χ1v) is 13.2. The molecule has 35 heavy (non-hydrogen) atoms. The molecule has 186 valence electrons. The topological polar surface area (TPSA) is 84.9 Å². The number of anilines is 1. The molecule has 0 spiro atoms. The number of para-hydroxylation sites is 1. The summed E-state index contributed by atoms with van der Waals surface area (Å²) in [7, 11) is -1.92. The number of hydrogen-bond donors (Lipinski definition) is 1. The minimum Gasteiger partial charge on any atom is -0.497 e. The van der Waals surface area contributed by atoms with Gasteiger partial charge < -0.3 is 14.8 Å². The molecule has 1 amide bonds. The minimum atomic E-state index is -3.51. The first-order valence-electron chi connectivity index (χ1n) is 11.4. The van der Waals surface area contributed by atoms with Crippen LogP contribution in [0.3, 0.4) is 0 Å². The fourth-order valence-corrected chi connectivity index (χ4v) is 4.54. The molecule has 0 saturated heterocycles. The Morgan fingerprint density at radius 2 is 1.66 bits per heavy atom. The third-order valence-corrected chi connectivity index (χ3v) is 6.59. The number of hydrogen-bond acceptors (Lipinski definition) is 5.